The Balaban J connectivity index is -0.0000000533. The van der Waals surface area contributed by atoms with Crippen molar-refractivity contribution >= 4 is 5.71 Å². The van der Waals surface area contributed by atoms with Gasteiger partial charge in [0.15, 0.2) is 0 Å². The molecular formula is C13H35NPWY-. The second kappa shape index (κ2) is 13.2. The third kappa shape index (κ3) is 32.1. The van der Waals surface area contributed by atoms with Gasteiger partial charge in [-0.1, -0.05) is 35.6 Å². The van der Waals surface area contributed by atoms with Crippen molar-refractivity contribution in [1.82, 2.24) is 4.67 Å². The number of hydrogen-bond donors (Lipinski definition) is 0. The van der Waals surface area contributed by atoms with Crippen molar-refractivity contribution in [2.75, 3.05) is 14.1 Å². The molecule has 4 heteroatoms. The van der Waals surface area contributed by atoms with Gasteiger partial charge in [0.25, 0.3) is 0 Å². The van der Waals surface area contributed by atoms with Crippen LogP contribution >= 0.6 is 5.71 Å². The van der Waals surface area contributed by atoms with Gasteiger partial charge in [0.1, 0.15) is 0 Å². The van der Waals surface area contributed by atoms with Crippen LogP contribution in [0.25, 0.3) is 0 Å². The molecule has 0 fully saturated rings. The Hall–Kier alpha value is 2.18. The fraction of sp³-hybridized carbons (Fsp3) is 0.923. The Labute approximate surface area is 148 Å². The average molecular weight is 509 g/mol. The molecule has 17 heavy (non-hydrogen) atoms. The first-order chi connectivity index (χ1) is 5.85. The standard InChI is InChI=1S/C6H16NP.C5H11.2CH4.W.Y/c1-6(2,3)8-7(4)5;1-5(2,3)4;;;;/h8H,1-5H3;1H2,2-4H3;2*1H4;;/q;-1;;;;. The average Bonchev–Trinajstić information content (AvgIpc) is 1.79. The maximum Gasteiger partial charge on any atom is 0 e. The summed E-state index contributed by atoms with van der Waals surface area (Å²) >= 11 is 1.76. The Kier molecular flexibility index (Phi) is 24.4. The molecule has 0 aromatic rings. The molecule has 0 bridgehead atoms. The summed E-state index contributed by atoms with van der Waals surface area (Å²) in [5.41, 5.74) is 0.0445. The van der Waals surface area contributed by atoms with E-state index in [1.54, 1.807) is 18.8 Å². The zero-order valence-corrected chi connectivity index (χ0v) is 18.4. The van der Waals surface area contributed by atoms with E-state index < -0.39 is 0 Å². The first kappa shape index (κ1) is 31.5. The molecule has 0 amide bonds. The van der Waals surface area contributed by atoms with Gasteiger partial charge in [0, 0.05) is 32.7 Å². The largest absolute Gasteiger partial charge is 0.338 e. The van der Waals surface area contributed by atoms with E-state index in [2.05, 4.69) is 67.2 Å². The first-order valence-electron chi connectivity index (χ1n) is 4.93. The monoisotopic (exact) mass is 509 g/mol. The molecule has 0 aliphatic heterocycles. The van der Waals surface area contributed by atoms with Gasteiger partial charge in [-0.05, 0) is 0 Å². The first-order valence-corrected chi connectivity index (χ1v) is 10.7. The van der Waals surface area contributed by atoms with Crippen LogP contribution in [0.3, 0.4) is 0 Å². The maximum atomic E-state index is 3.77. The SMILES string of the molecule is C.C.CN(C)[PH](=[W])C(C)(C)C.[CH2-]C(C)(C)C.[Y]. The van der Waals surface area contributed by atoms with Gasteiger partial charge in [-0.3, -0.25) is 0 Å². The minimum Gasteiger partial charge on any atom is -0.338 e. The summed E-state index contributed by atoms with van der Waals surface area (Å²) in [5.74, 6) is 0. The molecule has 0 N–H and O–H groups in total. The van der Waals surface area contributed by atoms with Crippen molar-refractivity contribution < 1.29 is 51.5 Å². The van der Waals surface area contributed by atoms with Crippen LogP contribution < -0.4 is 0 Å². The molecule has 0 spiro atoms. The van der Waals surface area contributed by atoms with E-state index in [1.807, 2.05) is 0 Å². The summed E-state index contributed by atoms with van der Waals surface area (Å²) in [7, 11) is 4.37. The summed E-state index contributed by atoms with van der Waals surface area (Å²) in [4.78, 5) is 0. The van der Waals surface area contributed by atoms with Crippen LogP contribution in [0.5, 0.6) is 0 Å². The minimum absolute atomic E-state index is 0. The zero-order chi connectivity index (χ0) is 12.2. The van der Waals surface area contributed by atoms with E-state index in [1.165, 1.54) is 0 Å². The van der Waals surface area contributed by atoms with Crippen molar-refractivity contribution in [3.05, 3.63) is 6.92 Å². The Morgan fingerprint density at radius 1 is 0.941 bits per heavy atom. The van der Waals surface area contributed by atoms with Crippen molar-refractivity contribution in [3.8, 4) is 0 Å². The maximum absolute atomic E-state index is 3.77. The van der Waals surface area contributed by atoms with E-state index >= 15 is 0 Å². The van der Waals surface area contributed by atoms with Gasteiger partial charge in [-0.2, -0.15) is 5.41 Å². The molecule has 1 nitrogen and oxygen atoms in total. The fourth-order valence-electron chi connectivity index (χ4n) is 0.671. The van der Waals surface area contributed by atoms with E-state index in [0.717, 1.165) is 0 Å². The molecule has 0 saturated heterocycles. The molecule has 0 aromatic carbocycles. The van der Waals surface area contributed by atoms with Gasteiger partial charge in [0.2, 0.25) is 0 Å². The predicted octanol–water partition coefficient (Wildman–Crippen LogP) is 5.07. The van der Waals surface area contributed by atoms with Crippen molar-refractivity contribution in [3.63, 3.8) is 0 Å². The molecule has 0 heterocycles. The van der Waals surface area contributed by atoms with E-state index in [4.69, 9.17) is 0 Å². The van der Waals surface area contributed by atoms with E-state index in [0.29, 0.717) is 5.16 Å². The zero-order valence-electron chi connectivity index (χ0n) is 11.6. The van der Waals surface area contributed by atoms with Crippen LogP contribution in [-0.4, -0.2) is 23.9 Å². The smallest absolute Gasteiger partial charge is 0 e. The van der Waals surface area contributed by atoms with Crippen LogP contribution in [-0.2, 0) is 51.5 Å². The van der Waals surface area contributed by atoms with E-state index in [9.17, 15) is 0 Å². The third-order valence-electron chi connectivity index (χ3n) is 1.05. The summed E-state index contributed by atoms with van der Waals surface area (Å²) in [6, 6.07) is 0. The number of nitrogens with zero attached hydrogens (tertiary/aromatic N) is 1. The molecular weight excluding hydrogens is 474 g/mol. The second-order valence-electron chi connectivity index (χ2n) is 6.01. The van der Waals surface area contributed by atoms with Crippen LogP contribution in [0.15, 0.2) is 0 Å². The molecule has 1 atom stereocenters. The van der Waals surface area contributed by atoms with Crippen molar-refractivity contribution in [2.45, 2.75) is 61.6 Å². The molecule has 0 aliphatic carbocycles. The van der Waals surface area contributed by atoms with Crippen LogP contribution in [0.4, 0.5) is 0 Å². The Bertz CT molecular complexity index is 175. The molecule has 0 aromatic heterocycles. The van der Waals surface area contributed by atoms with E-state index in [-0.39, 0.29) is 58.7 Å². The topological polar surface area (TPSA) is 3.24 Å². The molecule has 1 radical (unpaired) electrons. The number of rotatable bonds is 1. The summed E-state index contributed by atoms with van der Waals surface area (Å²) < 4.78 is 2.39. The fourth-order valence-corrected chi connectivity index (χ4v) is 2.01. The Morgan fingerprint density at radius 2 is 1.12 bits per heavy atom. The molecule has 0 saturated carbocycles. The molecule has 107 valence electrons. The second-order valence-corrected chi connectivity index (χ2v) is 13.2. The molecule has 1 unspecified atom stereocenters. The predicted molar refractivity (Wildman–Crippen MR) is 80.0 cm³/mol. The minimum atomic E-state index is -0.206. The van der Waals surface area contributed by atoms with Crippen LogP contribution in [0.1, 0.15) is 56.4 Å². The summed E-state index contributed by atoms with van der Waals surface area (Å²) in [6.45, 7) is 17.0. The summed E-state index contributed by atoms with van der Waals surface area (Å²) in [6.07, 6.45) is 0. The Morgan fingerprint density at radius 3 is 1.12 bits per heavy atom. The van der Waals surface area contributed by atoms with Gasteiger partial charge >= 0.3 is 69.2 Å². The van der Waals surface area contributed by atoms with Crippen LogP contribution in [0.2, 0.25) is 0 Å². The number of hydrogen-bond acceptors (Lipinski definition) is 1. The van der Waals surface area contributed by atoms with Crippen molar-refractivity contribution in [1.29, 1.82) is 0 Å². The molecule has 0 rings (SSSR count). The molecule has 0 aliphatic rings. The third-order valence-corrected chi connectivity index (χ3v) is 13.7. The van der Waals surface area contributed by atoms with Gasteiger partial charge < -0.3 is 6.92 Å². The summed E-state index contributed by atoms with van der Waals surface area (Å²) in [5, 5.41) is 0.545. The van der Waals surface area contributed by atoms with Gasteiger partial charge in [-0.15, -0.1) is 0 Å². The van der Waals surface area contributed by atoms with Gasteiger partial charge in [0.05, 0.1) is 0 Å². The normalized spacial score (nSPS) is 12.1. The van der Waals surface area contributed by atoms with Crippen molar-refractivity contribution in [2.24, 2.45) is 5.41 Å². The van der Waals surface area contributed by atoms with Gasteiger partial charge in [-0.25, -0.2) is 0 Å². The van der Waals surface area contributed by atoms with Crippen LogP contribution in [0, 0.1) is 12.3 Å². The quantitative estimate of drug-likeness (QED) is 0.353.